The molecule has 1 heteroatoms. The molecule has 0 bridgehead atoms. The van der Waals surface area contributed by atoms with Crippen LogP contribution < -0.4 is 4.90 Å². The topological polar surface area (TPSA) is 3.24 Å². The fraction of sp³-hybridized carbons (Fsp3) is 0.0857. The van der Waals surface area contributed by atoms with Crippen molar-refractivity contribution in [2.45, 2.75) is 19.8 Å². The molecule has 0 radical (unpaired) electrons. The fourth-order valence-corrected chi connectivity index (χ4v) is 5.08. The molecule has 0 aromatic heterocycles. The van der Waals surface area contributed by atoms with Crippen LogP contribution in [0.15, 0.2) is 133 Å². The lowest BCUT2D eigenvalue weighted by Gasteiger charge is -2.28. The zero-order chi connectivity index (χ0) is 24.5. The van der Waals surface area contributed by atoms with E-state index in [1.165, 1.54) is 49.6 Å². The molecule has 0 saturated heterocycles. The van der Waals surface area contributed by atoms with Crippen molar-refractivity contribution in [2.75, 3.05) is 4.90 Å². The first kappa shape index (κ1) is 22.1. The van der Waals surface area contributed by atoms with Crippen molar-refractivity contribution in [3.05, 3.63) is 139 Å². The standard InChI is InChI=1S/C35H29N/c1-25(2)26-17-19-27(20-18-26)28-21-23-31(24-22-28)36(34-15-7-11-29-9-3-5-13-32(29)34)35-16-8-12-30-10-4-6-14-33(30)35/h3-25H,1-2H3. The van der Waals surface area contributed by atoms with Crippen molar-refractivity contribution >= 4 is 38.6 Å². The van der Waals surface area contributed by atoms with Crippen LogP contribution in [0.3, 0.4) is 0 Å². The maximum absolute atomic E-state index is 2.40. The average molecular weight is 464 g/mol. The highest BCUT2D eigenvalue weighted by Crippen LogP contribution is 2.42. The van der Waals surface area contributed by atoms with Gasteiger partial charge in [0.15, 0.2) is 0 Å². The minimum atomic E-state index is 0.538. The van der Waals surface area contributed by atoms with Crippen molar-refractivity contribution < 1.29 is 0 Å². The van der Waals surface area contributed by atoms with Crippen molar-refractivity contribution in [2.24, 2.45) is 0 Å². The lowest BCUT2D eigenvalue weighted by atomic mass is 9.98. The Hall–Kier alpha value is -4.36. The molecule has 0 heterocycles. The highest BCUT2D eigenvalue weighted by atomic mass is 15.1. The first-order chi connectivity index (χ1) is 17.7. The minimum absolute atomic E-state index is 0.538. The monoisotopic (exact) mass is 463 g/mol. The maximum Gasteiger partial charge on any atom is 0.0540 e. The van der Waals surface area contributed by atoms with Crippen molar-refractivity contribution in [3.8, 4) is 11.1 Å². The summed E-state index contributed by atoms with van der Waals surface area (Å²) in [5.74, 6) is 0.538. The van der Waals surface area contributed by atoms with Gasteiger partial charge in [0.1, 0.15) is 0 Å². The Balaban J connectivity index is 1.51. The average Bonchev–Trinajstić information content (AvgIpc) is 2.94. The van der Waals surface area contributed by atoms with E-state index in [4.69, 9.17) is 0 Å². The van der Waals surface area contributed by atoms with Crippen LogP contribution >= 0.6 is 0 Å². The van der Waals surface area contributed by atoms with Crippen LogP contribution in [-0.4, -0.2) is 0 Å². The molecule has 174 valence electrons. The third-order valence-corrected chi connectivity index (χ3v) is 7.05. The molecule has 36 heavy (non-hydrogen) atoms. The summed E-state index contributed by atoms with van der Waals surface area (Å²) in [6, 6.07) is 48.3. The molecule has 0 saturated carbocycles. The molecular weight excluding hydrogens is 434 g/mol. The van der Waals surface area contributed by atoms with E-state index < -0.39 is 0 Å². The zero-order valence-electron chi connectivity index (χ0n) is 20.7. The maximum atomic E-state index is 2.40. The summed E-state index contributed by atoms with van der Waals surface area (Å²) in [6.07, 6.45) is 0. The van der Waals surface area contributed by atoms with Crippen LogP contribution in [0.5, 0.6) is 0 Å². The molecule has 0 fully saturated rings. The summed E-state index contributed by atoms with van der Waals surface area (Å²) >= 11 is 0. The Labute approximate surface area is 213 Å². The summed E-state index contributed by atoms with van der Waals surface area (Å²) in [7, 11) is 0. The van der Waals surface area contributed by atoms with Gasteiger partial charge in [0.25, 0.3) is 0 Å². The summed E-state index contributed by atoms with van der Waals surface area (Å²) in [5, 5.41) is 4.95. The molecule has 0 amide bonds. The summed E-state index contributed by atoms with van der Waals surface area (Å²) in [4.78, 5) is 2.40. The number of anilines is 3. The van der Waals surface area contributed by atoms with Crippen LogP contribution in [0.1, 0.15) is 25.3 Å². The number of nitrogens with zero attached hydrogens (tertiary/aromatic N) is 1. The zero-order valence-corrected chi connectivity index (χ0v) is 20.7. The van der Waals surface area contributed by atoms with Crippen LogP contribution in [0, 0.1) is 0 Å². The van der Waals surface area contributed by atoms with E-state index in [9.17, 15) is 0 Å². The lowest BCUT2D eigenvalue weighted by molar-refractivity contribution is 0.867. The molecule has 0 aliphatic rings. The second-order valence-electron chi connectivity index (χ2n) is 9.66. The number of hydrogen-bond acceptors (Lipinski definition) is 1. The molecule has 0 aliphatic carbocycles. The van der Waals surface area contributed by atoms with Gasteiger partial charge < -0.3 is 4.90 Å². The van der Waals surface area contributed by atoms with Crippen LogP contribution in [0.25, 0.3) is 32.7 Å². The van der Waals surface area contributed by atoms with Gasteiger partial charge in [-0.15, -0.1) is 0 Å². The molecule has 6 aromatic carbocycles. The lowest BCUT2D eigenvalue weighted by Crippen LogP contribution is -2.11. The molecular formula is C35H29N. The van der Waals surface area contributed by atoms with Gasteiger partial charge >= 0.3 is 0 Å². The predicted octanol–water partition coefficient (Wildman–Crippen LogP) is 10.3. The second-order valence-corrected chi connectivity index (χ2v) is 9.66. The number of rotatable bonds is 5. The van der Waals surface area contributed by atoms with Crippen LogP contribution in [0.4, 0.5) is 17.1 Å². The van der Waals surface area contributed by atoms with Gasteiger partial charge in [-0.25, -0.2) is 0 Å². The largest absolute Gasteiger partial charge is 0.309 e. The molecule has 0 unspecified atom stereocenters. The van der Waals surface area contributed by atoms with Crippen LogP contribution in [-0.2, 0) is 0 Å². The highest BCUT2D eigenvalue weighted by Gasteiger charge is 2.17. The second kappa shape index (κ2) is 9.36. The van der Waals surface area contributed by atoms with E-state index >= 15 is 0 Å². The molecule has 0 atom stereocenters. The van der Waals surface area contributed by atoms with E-state index in [0.717, 1.165) is 5.69 Å². The van der Waals surface area contributed by atoms with E-state index in [-0.39, 0.29) is 0 Å². The summed E-state index contributed by atoms with van der Waals surface area (Å²) in [6.45, 7) is 4.47. The fourth-order valence-electron chi connectivity index (χ4n) is 5.08. The Morgan fingerprint density at radius 3 is 1.39 bits per heavy atom. The Morgan fingerprint density at radius 1 is 0.444 bits per heavy atom. The molecule has 0 spiro atoms. The van der Waals surface area contributed by atoms with Gasteiger partial charge in [-0.2, -0.15) is 0 Å². The van der Waals surface area contributed by atoms with E-state index in [0.29, 0.717) is 5.92 Å². The number of hydrogen-bond donors (Lipinski definition) is 0. The van der Waals surface area contributed by atoms with Gasteiger partial charge in [0.05, 0.1) is 11.4 Å². The van der Waals surface area contributed by atoms with Gasteiger partial charge in [-0.3, -0.25) is 0 Å². The highest BCUT2D eigenvalue weighted by molar-refractivity contribution is 6.04. The summed E-state index contributed by atoms with van der Waals surface area (Å²) in [5.41, 5.74) is 7.34. The van der Waals surface area contributed by atoms with E-state index in [1.54, 1.807) is 0 Å². The molecule has 6 aromatic rings. The molecule has 0 aliphatic heterocycles. The van der Waals surface area contributed by atoms with Gasteiger partial charge in [-0.1, -0.05) is 123 Å². The van der Waals surface area contributed by atoms with E-state index in [2.05, 4.69) is 152 Å². The number of benzene rings is 6. The third kappa shape index (κ3) is 4.03. The molecule has 0 N–H and O–H groups in total. The van der Waals surface area contributed by atoms with Crippen molar-refractivity contribution in [1.29, 1.82) is 0 Å². The Kier molecular flexibility index (Phi) is 5.75. The Morgan fingerprint density at radius 2 is 0.889 bits per heavy atom. The normalized spacial score (nSPS) is 11.3. The van der Waals surface area contributed by atoms with Crippen molar-refractivity contribution in [3.63, 3.8) is 0 Å². The summed E-state index contributed by atoms with van der Waals surface area (Å²) < 4.78 is 0. The predicted molar refractivity (Wildman–Crippen MR) is 156 cm³/mol. The van der Waals surface area contributed by atoms with Crippen LogP contribution in [0.2, 0.25) is 0 Å². The number of fused-ring (bicyclic) bond motifs is 2. The SMILES string of the molecule is CC(C)c1ccc(-c2ccc(N(c3cccc4ccccc34)c3cccc4ccccc34)cc2)cc1. The Bertz CT molecular complexity index is 1550. The molecule has 6 rings (SSSR count). The quantitative estimate of drug-likeness (QED) is 0.246. The van der Waals surface area contributed by atoms with Gasteiger partial charge in [0.2, 0.25) is 0 Å². The first-order valence-corrected chi connectivity index (χ1v) is 12.6. The van der Waals surface area contributed by atoms with E-state index in [1.807, 2.05) is 0 Å². The molecule has 1 nitrogen and oxygen atoms in total. The van der Waals surface area contributed by atoms with Gasteiger partial charge in [-0.05, 0) is 57.6 Å². The smallest absolute Gasteiger partial charge is 0.0540 e. The van der Waals surface area contributed by atoms with Crippen molar-refractivity contribution in [1.82, 2.24) is 0 Å². The first-order valence-electron chi connectivity index (χ1n) is 12.6. The minimum Gasteiger partial charge on any atom is -0.309 e. The third-order valence-electron chi connectivity index (χ3n) is 7.05. The van der Waals surface area contributed by atoms with Gasteiger partial charge in [0, 0.05) is 16.5 Å².